The van der Waals surface area contributed by atoms with Gasteiger partial charge in [-0.15, -0.1) is 0 Å². The van der Waals surface area contributed by atoms with Crippen LogP contribution in [-0.4, -0.2) is 83.6 Å². The molecule has 0 spiro atoms. The van der Waals surface area contributed by atoms with Crippen LogP contribution in [0.25, 0.3) is 10.9 Å². The summed E-state index contributed by atoms with van der Waals surface area (Å²) in [6.45, 7) is 8.31. The standard InChI is InChI=1S/C29H34N6O4/c1-3-38-26-15-24-23(29(31-19-30-24)32-20(2)21-8-5-4-6-9-21)14-25(26)33-27(36)10-7-11-34-12-13-35-17-28(37)39-18-22(35)16-34/h4-10,14-15,19-20,22H,3,11-13,16-18H2,1-2H3,(H,33,36)(H,30,31,32)/b10-7+. The molecule has 0 saturated carbocycles. The number of cyclic esters (lactones) is 1. The van der Waals surface area contributed by atoms with Gasteiger partial charge in [0.2, 0.25) is 5.91 Å². The van der Waals surface area contributed by atoms with Crippen LogP contribution in [-0.2, 0) is 14.3 Å². The van der Waals surface area contributed by atoms with Gasteiger partial charge >= 0.3 is 5.97 Å². The fraction of sp³-hybridized carbons (Fsp3) is 0.379. The summed E-state index contributed by atoms with van der Waals surface area (Å²) in [5.41, 5.74) is 2.42. The molecule has 0 bridgehead atoms. The number of aromatic nitrogens is 2. The first-order valence-corrected chi connectivity index (χ1v) is 13.3. The van der Waals surface area contributed by atoms with Crippen molar-refractivity contribution in [2.45, 2.75) is 25.9 Å². The average molecular weight is 531 g/mol. The molecule has 2 aromatic carbocycles. The fourth-order valence-corrected chi connectivity index (χ4v) is 4.97. The van der Waals surface area contributed by atoms with E-state index in [2.05, 4.69) is 49.5 Å². The van der Waals surface area contributed by atoms with Crippen molar-refractivity contribution in [2.24, 2.45) is 0 Å². The van der Waals surface area contributed by atoms with Gasteiger partial charge in [0.05, 0.1) is 30.4 Å². The van der Waals surface area contributed by atoms with E-state index in [4.69, 9.17) is 9.47 Å². The third kappa shape index (κ3) is 6.52. The first kappa shape index (κ1) is 26.6. The second kappa shape index (κ2) is 12.2. The zero-order valence-electron chi connectivity index (χ0n) is 22.3. The number of fused-ring (bicyclic) bond motifs is 2. The van der Waals surface area contributed by atoms with E-state index in [1.54, 1.807) is 6.08 Å². The number of esters is 1. The minimum Gasteiger partial charge on any atom is -0.492 e. The Balaban J connectivity index is 1.27. The monoisotopic (exact) mass is 530 g/mol. The molecule has 2 N–H and O–H groups in total. The normalized spacial score (nSPS) is 18.9. The van der Waals surface area contributed by atoms with E-state index in [9.17, 15) is 9.59 Å². The van der Waals surface area contributed by atoms with E-state index >= 15 is 0 Å². The quantitative estimate of drug-likeness (QED) is 0.318. The lowest BCUT2D eigenvalue weighted by Gasteiger charge is -2.42. The molecule has 1 aromatic heterocycles. The predicted octanol–water partition coefficient (Wildman–Crippen LogP) is 3.24. The summed E-state index contributed by atoms with van der Waals surface area (Å²) in [6, 6.07) is 14.1. The molecule has 10 heteroatoms. The summed E-state index contributed by atoms with van der Waals surface area (Å²) in [5.74, 6) is 0.828. The van der Waals surface area contributed by atoms with Crippen molar-refractivity contribution in [3.05, 3.63) is 66.5 Å². The Morgan fingerprint density at radius 1 is 1.23 bits per heavy atom. The van der Waals surface area contributed by atoms with Gasteiger partial charge in [0.25, 0.3) is 0 Å². The summed E-state index contributed by atoms with van der Waals surface area (Å²) < 4.78 is 11.0. The van der Waals surface area contributed by atoms with E-state index < -0.39 is 0 Å². The van der Waals surface area contributed by atoms with E-state index in [-0.39, 0.29) is 24.0 Å². The van der Waals surface area contributed by atoms with Crippen LogP contribution >= 0.6 is 0 Å². The number of carbonyl (C=O) groups is 2. The van der Waals surface area contributed by atoms with Crippen molar-refractivity contribution >= 4 is 34.3 Å². The Morgan fingerprint density at radius 3 is 2.90 bits per heavy atom. The number of ether oxygens (including phenoxy) is 2. The number of rotatable bonds is 9. The van der Waals surface area contributed by atoms with Gasteiger partial charge in [-0.05, 0) is 25.5 Å². The number of hydrogen-bond donors (Lipinski definition) is 2. The van der Waals surface area contributed by atoms with Gasteiger partial charge in [-0.25, -0.2) is 9.97 Å². The molecule has 2 saturated heterocycles. The van der Waals surface area contributed by atoms with Crippen LogP contribution in [0.4, 0.5) is 11.5 Å². The Hall–Kier alpha value is -4.02. The summed E-state index contributed by atoms with van der Waals surface area (Å²) in [5, 5.41) is 7.23. The second-order valence-electron chi connectivity index (χ2n) is 9.76. The second-order valence-corrected chi connectivity index (χ2v) is 9.76. The predicted molar refractivity (Wildman–Crippen MR) is 150 cm³/mol. The number of nitrogens with zero attached hydrogens (tertiary/aromatic N) is 4. The van der Waals surface area contributed by atoms with Gasteiger partial charge in [-0.2, -0.15) is 0 Å². The number of morpholine rings is 1. The number of anilines is 2. The Morgan fingerprint density at radius 2 is 2.08 bits per heavy atom. The number of piperazine rings is 1. The number of carbonyl (C=O) groups excluding carboxylic acids is 2. The third-order valence-electron chi connectivity index (χ3n) is 7.04. The molecule has 39 heavy (non-hydrogen) atoms. The third-order valence-corrected chi connectivity index (χ3v) is 7.04. The fourth-order valence-electron chi connectivity index (χ4n) is 4.97. The van der Waals surface area contributed by atoms with Gasteiger partial charge in [-0.3, -0.25) is 19.4 Å². The molecule has 2 fully saturated rings. The molecule has 204 valence electrons. The van der Waals surface area contributed by atoms with E-state index in [0.717, 1.165) is 36.1 Å². The lowest BCUT2D eigenvalue weighted by Crippen LogP contribution is -2.59. The number of nitrogens with one attached hydrogen (secondary N) is 2. The first-order chi connectivity index (χ1) is 19.0. The van der Waals surface area contributed by atoms with Crippen molar-refractivity contribution in [3.8, 4) is 5.75 Å². The Bertz CT molecular complexity index is 1350. The van der Waals surface area contributed by atoms with Gasteiger partial charge in [-0.1, -0.05) is 36.4 Å². The van der Waals surface area contributed by atoms with E-state index in [1.807, 2.05) is 43.3 Å². The topological polar surface area (TPSA) is 109 Å². The number of benzene rings is 2. The van der Waals surface area contributed by atoms with Crippen LogP contribution < -0.4 is 15.4 Å². The molecular formula is C29H34N6O4. The average Bonchev–Trinajstić information content (AvgIpc) is 2.94. The Labute approximate surface area is 228 Å². The van der Waals surface area contributed by atoms with E-state index in [1.165, 1.54) is 6.33 Å². The van der Waals surface area contributed by atoms with Gasteiger partial charge in [0.15, 0.2) is 0 Å². The molecule has 0 radical (unpaired) electrons. The zero-order valence-corrected chi connectivity index (χ0v) is 22.3. The number of amides is 1. The molecule has 2 unspecified atom stereocenters. The van der Waals surface area contributed by atoms with Gasteiger partial charge in [0.1, 0.15) is 24.5 Å². The highest BCUT2D eigenvalue weighted by Crippen LogP contribution is 2.33. The van der Waals surface area contributed by atoms with Crippen LogP contribution in [0, 0.1) is 0 Å². The molecule has 3 aromatic rings. The maximum absolute atomic E-state index is 12.9. The largest absolute Gasteiger partial charge is 0.492 e. The molecule has 1 amide bonds. The van der Waals surface area contributed by atoms with E-state index in [0.29, 0.717) is 43.6 Å². The van der Waals surface area contributed by atoms with Crippen LogP contribution in [0.2, 0.25) is 0 Å². The van der Waals surface area contributed by atoms with Crippen LogP contribution in [0.15, 0.2) is 60.9 Å². The Kier molecular flexibility index (Phi) is 8.33. The molecule has 0 aliphatic carbocycles. The van der Waals surface area contributed by atoms with Crippen LogP contribution in [0.3, 0.4) is 0 Å². The van der Waals surface area contributed by atoms with Crippen molar-refractivity contribution in [1.29, 1.82) is 0 Å². The lowest BCUT2D eigenvalue weighted by molar-refractivity contribution is -0.157. The lowest BCUT2D eigenvalue weighted by atomic mass is 10.1. The van der Waals surface area contributed by atoms with Crippen LogP contribution in [0.5, 0.6) is 5.75 Å². The molecule has 2 atom stereocenters. The minimum absolute atomic E-state index is 0.0272. The molecule has 5 rings (SSSR count). The summed E-state index contributed by atoms with van der Waals surface area (Å²) >= 11 is 0. The highest BCUT2D eigenvalue weighted by Gasteiger charge is 2.32. The summed E-state index contributed by atoms with van der Waals surface area (Å²) in [4.78, 5) is 37.7. The number of hydrogen-bond acceptors (Lipinski definition) is 9. The molecule has 10 nitrogen and oxygen atoms in total. The maximum Gasteiger partial charge on any atom is 0.320 e. The molecule has 2 aliphatic heterocycles. The maximum atomic E-state index is 12.9. The summed E-state index contributed by atoms with van der Waals surface area (Å²) in [7, 11) is 0. The smallest absolute Gasteiger partial charge is 0.320 e. The molecule has 3 heterocycles. The van der Waals surface area contributed by atoms with Gasteiger partial charge in [0, 0.05) is 49.7 Å². The van der Waals surface area contributed by atoms with Crippen molar-refractivity contribution in [3.63, 3.8) is 0 Å². The highest BCUT2D eigenvalue weighted by molar-refractivity contribution is 6.03. The highest BCUT2D eigenvalue weighted by atomic mass is 16.5. The molecule has 2 aliphatic rings. The first-order valence-electron chi connectivity index (χ1n) is 13.3. The molecular weight excluding hydrogens is 496 g/mol. The van der Waals surface area contributed by atoms with Crippen LogP contribution in [0.1, 0.15) is 25.5 Å². The SMILES string of the molecule is CCOc1cc2ncnc(NC(C)c3ccccc3)c2cc1NC(=O)/C=C/CN1CCN2CC(=O)OCC2C1. The zero-order chi connectivity index (χ0) is 27.2. The van der Waals surface area contributed by atoms with Crippen molar-refractivity contribution in [1.82, 2.24) is 19.8 Å². The van der Waals surface area contributed by atoms with Crippen molar-refractivity contribution in [2.75, 3.05) is 56.6 Å². The minimum atomic E-state index is -0.246. The van der Waals surface area contributed by atoms with Gasteiger partial charge < -0.3 is 20.1 Å². The summed E-state index contributed by atoms with van der Waals surface area (Å²) in [6.07, 6.45) is 4.93. The van der Waals surface area contributed by atoms with Crippen molar-refractivity contribution < 1.29 is 19.1 Å².